The molecule has 1 aliphatic carbocycles. The van der Waals surface area contributed by atoms with Crippen molar-refractivity contribution >= 4 is 23.6 Å². The molecule has 3 aromatic rings. The van der Waals surface area contributed by atoms with Crippen LogP contribution in [0.25, 0.3) is 11.3 Å². The van der Waals surface area contributed by atoms with Crippen molar-refractivity contribution in [2.75, 3.05) is 17.2 Å². The van der Waals surface area contributed by atoms with E-state index < -0.39 is 11.3 Å². The van der Waals surface area contributed by atoms with E-state index in [9.17, 15) is 9.59 Å². The minimum atomic E-state index is -1.26. The number of nitrogens with zero attached hydrogens (tertiary/aromatic N) is 3. The number of benzene rings is 1. The number of fused-ring (bicyclic) bond motifs is 7. The maximum atomic E-state index is 13.6. The molecule has 0 saturated carbocycles. The molecule has 1 unspecified atom stereocenters. The average Bonchev–Trinajstić information content (AvgIpc) is 3.28. The van der Waals surface area contributed by atoms with Gasteiger partial charge in [-0.15, -0.1) is 0 Å². The highest BCUT2D eigenvalue weighted by Gasteiger charge is 2.62. The number of aromatic nitrogens is 3. The van der Waals surface area contributed by atoms with Crippen molar-refractivity contribution < 1.29 is 14.0 Å². The first-order valence-corrected chi connectivity index (χ1v) is 7.98. The Balaban J connectivity index is 1.90. The third-order valence-electron chi connectivity index (χ3n) is 5.01. The Kier molecular flexibility index (Phi) is 2.55. The van der Waals surface area contributed by atoms with E-state index in [1.165, 1.54) is 4.90 Å². The number of oxazole rings is 1. The Bertz CT molecular complexity index is 1110. The molecule has 1 aliphatic heterocycles. The monoisotopic (exact) mass is 350 g/mol. The van der Waals surface area contributed by atoms with Crippen LogP contribution < -0.4 is 16.4 Å². The lowest BCUT2D eigenvalue weighted by Gasteiger charge is -2.24. The molecule has 5 N–H and O–H groups in total. The van der Waals surface area contributed by atoms with Gasteiger partial charge in [-0.3, -0.25) is 19.6 Å². The molecule has 5 rings (SSSR count). The van der Waals surface area contributed by atoms with Gasteiger partial charge in [-0.2, -0.15) is 10.1 Å². The minimum Gasteiger partial charge on any atom is -0.423 e. The first-order chi connectivity index (χ1) is 12.5. The van der Waals surface area contributed by atoms with Crippen LogP contribution in [0.5, 0.6) is 0 Å². The van der Waals surface area contributed by atoms with Crippen LogP contribution in [0.3, 0.4) is 0 Å². The maximum absolute atomic E-state index is 13.6. The number of amides is 2. The number of nitrogen functional groups attached to an aromatic ring is 1. The Morgan fingerprint density at radius 1 is 1.38 bits per heavy atom. The molecule has 3 heterocycles. The lowest BCUT2D eigenvalue weighted by Crippen LogP contribution is -2.45. The second-order valence-corrected chi connectivity index (χ2v) is 6.43. The Morgan fingerprint density at radius 2 is 2.15 bits per heavy atom. The molecule has 1 atom stereocenters. The summed E-state index contributed by atoms with van der Waals surface area (Å²) in [4.78, 5) is 30.8. The van der Waals surface area contributed by atoms with E-state index in [0.717, 1.165) is 11.1 Å². The van der Waals surface area contributed by atoms with Gasteiger partial charge in [0.1, 0.15) is 12.2 Å². The van der Waals surface area contributed by atoms with Gasteiger partial charge in [0.2, 0.25) is 11.8 Å². The lowest BCUT2D eigenvalue weighted by atomic mass is 9.75. The van der Waals surface area contributed by atoms with E-state index in [1.54, 1.807) is 0 Å². The number of primary amides is 1. The Hall–Kier alpha value is -3.62. The number of aromatic amines is 1. The summed E-state index contributed by atoms with van der Waals surface area (Å²) in [5.41, 5.74) is 13.1. The maximum Gasteiger partial charge on any atom is 0.292 e. The lowest BCUT2D eigenvalue weighted by molar-refractivity contribution is -0.123. The van der Waals surface area contributed by atoms with Crippen molar-refractivity contribution in [3.63, 3.8) is 0 Å². The second kappa shape index (κ2) is 4.51. The fraction of sp³-hybridized carbons (Fsp3) is 0.176. The first-order valence-electron chi connectivity index (χ1n) is 7.98. The van der Waals surface area contributed by atoms with Gasteiger partial charge in [0.25, 0.3) is 6.01 Å². The molecule has 26 heavy (non-hydrogen) atoms. The normalized spacial score (nSPS) is 19.7. The molecule has 2 amide bonds. The Morgan fingerprint density at radius 3 is 2.92 bits per heavy atom. The number of carbonyl (C=O) groups excluding carboxylic acids is 2. The highest BCUT2D eigenvalue weighted by atomic mass is 16.4. The van der Waals surface area contributed by atoms with Gasteiger partial charge in [0, 0.05) is 16.8 Å². The zero-order valence-corrected chi connectivity index (χ0v) is 13.7. The van der Waals surface area contributed by atoms with Gasteiger partial charge in [0.05, 0.1) is 0 Å². The quantitative estimate of drug-likeness (QED) is 0.611. The highest BCUT2D eigenvalue weighted by Crippen LogP contribution is 2.58. The molecule has 2 aliphatic rings. The van der Waals surface area contributed by atoms with E-state index in [1.807, 2.05) is 31.2 Å². The first kappa shape index (κ1) is 14.7. The Labute approximate surface area is 147 Å². The third kappa shape index (κ3) is 1.46. The van der Waals surface area contributed by atoms with Gasteiger partial charge < -0.3 is 15.9 Å². The molecule has 1 spiro atoms. The van der Waals surface area contributed by atoms with Crippen molar-refractivity contribution in [2.45, 2.75) is 12.3 Å². The smallest absolute Gasteiger partial charge is 0.292 e. The molecule has 2 aromatic heterocycles. The van der Waals surface area contributed by atoms with Crippen molar-refractivity contribution in [3.8, 4) is 11.3 Å². The molecule has 9 heteroatoms. The van der Waals surface area contributed by atoms with Crippen LogP contribution in [0.2, 0.25) is 0 Å². The largest absolute Gasteiger partial charge is 0.423 e. The molecule has 130 valence electrons. The number of hydrogen-bond donors (Lipinski definition) is 3. The van der Waals surface area contributed by atoms with Crippen LogP contribution in [0.4, 0.5) is 11.8 Å². The van der Waals surface area contributed by atoms with Crippen molar-refractivity contribution in [2.24, 2.45) is 5.73 Å². The molecule has 9 nitrogen and oxygen atoms in total. The van der Waals surface area contributed by atoms with Gasteiger partial charge >= 0.3 is 0 Å². The number of carbonyl (C=O) groups is 2. The van der Waals surface area contributed by atoms with E-state index in [0.29, 0.717) is 28.5 Å². The molecular weight excluding hydrogens is 336 g/mol. The summed E-state index contributed by atoms with van der Waals surface area (Å²) in [5, 5.41) is 7.13. The van der Waals surface area contributed by atoms with Gasteiger partial charge in [-0.25, -0.2) is 0 Å². The number of nitrogens with two attached hydrogens (primary N) is 2. The summed E-state index contributed by atoms with van der Waals surface area (Å²) in [6, 6.07) is 7.38. The van der Waals surface area contributed by atoms with Crippen LogP contribution in [0.1, 0.15) is 22.5 Å². The van der Waals surface area contributed by atoms with Crippen molar-refractivity contribution in [1.82, 2.24) is 15.2 Å². The number of H-pyrrole nitrogens is 1. The molecule has 0 bridgehead atoms. The highest BCUT2D eigenvalue weighted by molar-refractivity contribution is 6.17. The summed E-state index contributed by atoms with van der Waals surface area (Å²) in [7, 11) is 0. The fourth-order valence-corrected chi connectivity index (χ4v) is 4.15. The summed E-state index contributed by atoms with van der Waals surface area (Å²) in [5.74, 6) is -0.145. The molecule has 0 radical (unpaired) electrons. The number of aryl methyl sites for hydroxylation is 1. The van der Waals surface area contributed by atoms with Crippen LogP contribution in [0.15, 0.2) is 28.7 Å². The molecule has 0 saturated heterocycles. The van der Waals surface area contributed by atoms with Gasteiger partial charge in [0.15, 0.2) is 17.0 Å². The van der Waals surface area contributed by atoms with E-state index in [-0.39, 0.29) is 18.5 Å². The van der Waals surface area contributed by atoms with Crippen LogP contribution in [-0.4, -0.2) is 33.5 Å². The standard InChI is InChI=1S/C17H14N6O3/c1-7-11-14(22-21-7)23(6-10(18)24)15(25)17(11)9-5-3-2-4-8(9)12-13(17)20-16(19)26-12/h2-5H,6H2,1H3,(H2,18,24)(H2,19,20)(H,21,22). The summed E-state index contributed by atoms with van der Waals surface area (Å²) in [6.07, 6.45) is 0. The molecule has 1 aromatic carbocycles. The van der Waals surface area contributed by atoms with E-state index >= 15 is 0 Å². The van der Waals surface area contributed by atoms with Crippen LogP contribution >= 0.6 is 0 Å². The summed E-state index contributed by atoms with van der Waals surface area (Å²) >= 11 is 0. The second-order valence-electron chi connectivity index (χ2n) is 6.43. The van der Waals surface area contributed by atoms with Crippen LogP contribution in [0, 0.1) is 6.92 Å². The van der Waals surface area contributed by atoms with Crippen molar-refractivity contribution in [3.05, 3.63) is 46.8 Å². The van der Waals surface area contributed by atoms with Crippen molar-refractivity contribution in [1.29, 1.82) is 0 Å². The number of nitrogens with one attached hydrogen (secondary N) is 1. The summed E-state index contributed by atoms with van der Waals surface area (Å²) < 4.78 is 5.61. The molecular formula is C17H14N6O3. The SMILES string of the molecule is Cc1[nH]nc2c1C1(C(=O)N2CC(N)=O)c2ccccc2-c2oc(N)nc21. The predicted octanol–water partition coefficient (Wildman–Crippen LogP) is 0.435. The average molecular weight is 350 g/mol. The van der Waals surface area contributed by atoms with Gasteiger partial charge in [-0.05, 0) is 12.5 Å². The third-order valence-corrected chi connectivity index (χ3v) is 5.01. The van der Waals surface area contributed by atoms with E-state index in [2.05, 4.69) is 15.2 Å². The number of rotatable bonds is 2. The molecule has 0 fully saturated rings. The number of anilines is 2. The van der Waals surface area contributed by atoms with E-state index in [4.69, 9.17) is 15.9 Å². The number of hydrogen-bond acceptors (Lipinski definition) is 6. The zero-order chi connectivity index (χ0) is 18.2. The predicted molar refractivity (Wildman–Crippen MR) is 91.1 cm³/mol. The summed E-state index contributed by atoms with van der Waals surface area (Å²) in [6.45, 7) is 1.54. The van der Waals surface area contributed by atoms with Crippen LogP contribution in [-0.2, 0) is 15.0 Å². The zero-order valence-electron chi connectivity index (χ0n) is 13.7. The minimum absolute atomic E-state index is 0.0206. The van der Waals surface area contributed by atoms with Gasteiger partial charge in [-0.1, -0.05) is 24.3 Å². The fourth-order valence-electron chi connectivity index (χ4n) is 4.15. The topological polar surface area (TPSA) is 144 Å².